The lowest BCUT2D eigenvalue weighted by Gasteiger charge is -2.44. The molecule has 116 valence electrons. The Kier molecular flexibility index (Phi) is 6.50. The van der Waals surface area contributed by atoms with E-state index in [-0.39, 0.29) is 17.9 Å². The summed E-state index contributed by atoms with van der Waals surface area (Å²) >= 11 is 0. The molecule has 1 aliphatic rings. The molecule has 1 fully saturated rings. The van der Waals surface area contributed by atoms with Gasteiger partial charge in [-0.15, -0.1) is 0 Å². The van der Waals surface area contributed by atoms with Gasteiger partial charge in [0.1, 0.15) is 11.6 Å². The number of carbonyl (C=O) groups is 2. The Morgan fingerprint density at radius 1 is 1.10 bits per heavy atom. The van der Waals surface area contributed by atoms with Gasteiger partial charge in [0.15, 0.2) is 0 Å². The molecule has 1 saturated heterocycles. The third-order valence-corrected chi connectivity index (χ3v) is 4.33. The second-order valence-electron chi connectivity index (χ2n) is 6.04. The standard InChI is InChI=1S/C16H30N2O2/c1-5-8-9-10-12-18-13(11-6-2)14(19)17-16(4,7-3)15(18)20/h13H,5-12H2,1-4H3,(H,17,19). The quantitative estimate of drug-likeness (QED) is 0.696. The highest BCUT2D eigenvalue weighted by molar-refractivity contribution is 5.99. The minimum Gasteiger partial charge on any atom is -0.340 e. The zero-order valence-electron chi connectivity index (χ0n) is 13.5. The van der Waals surface area contributed by atoms with Crippen molar-refractivity contribution in [1.82, 2.24) is 10.2 Å². The SMILES string of the molecule is CCCCCCN1C(=O)C(C)(CC)NC(=O)C1CCC. The fraction of sp³-hybridized carbons (Fsp3) is 0.875. The lowest BCUT2D eigenvalue weighted by Crippen LogP contribution is -2.69. The van der Waals surface area contributed by atoms with E-state index in [2.05, 4.69) is 19.2 Å². The van der Waals surface area contributed by atoms with Crippen molar-refractivity contribution in [1.29, 1.82) is 0 Å². The average Bonchev–Trinajstić information content (AvgIpc) is 2.43. The van der Waals surface area contributed by atoms with Crippen LogP contribution in [0.3, 0.4) is 0 Å². The lowest BCUT2D eigenvalue weighted by molar-refractivity contribution is -0.154. The van der Waals surface area contributed by atoms with Crippen LogP contribution in [0.15, 0.2) is 0 Å². The van der Waals surface area contributed by atoms with Crippen molar-refractivity contribution < 1.29 is 9.59 Å². The Labute approximate surface area is 123 Å². The molecule has 2 unspecified atom stereocenters. The van der Waals surface area contributed by atoms with Gasteiger partial charge >= 0.3 is 0 Å². The molecule has 0 bridgehead atoms. The van der Waals surface area contributed by atoms with Crippen LogP contribution in [0.25, 0.3) is 0 Å². The van der Waals surface area contributed by atoms with Crippen LogP contribution in [0.5, 0.6) is 0 Å². The summed E-state index contributed by atoms with van der Waals surface area (Å²) in [6, 6.07) is -0.270. The largest absolute Gasteiger partial charge is 0.340 e. The molecule has 0 radical (unpaired) electrons. The minimum absolute atomic E-state index is 0.0197. The van der Waals surface area contributed by atoms with Crippen molar-refractivity contribution in [2.24, 2.45) is 0 Å². The first kappa shape index (κ1) is 17.0. The summed E-state index contributed by atoms with van der Waals surface area (Å²) in [6.45, 7) is 8.74. The van der Waals surface area contributed by atoms with E-state index in [1.54, 1.807) is 0 Å². The van der Waals surface area contributed by atoms with E-state index in [9.17, 15) is 9.59 Å². The number of rotatable bonds is 8. The van der Waals surface area contributed by atoms with Gasteiger partial charge in [0, 0.05) is 6.54 Å². The summed E-state index contributed by atoms with van der Waals surface area (Å²) in [4.78, 5) is 26.8. The molecule has 0 aromatic rings. The molecular weight excluding hydrogens is 252 g/mol. The predicted molar refractivity (Wildman–Crippen MR) is 81.4 cm³/mol. The fourth-order valence-corrected chi connectivity index (χ4v) is 2.78. The fourth-order valence-electron chi connectivity index (χ4n) is 2.78. The number of nitrogens with one attached hydrogen (secondary N) is 1. The molecule has 2 amide bonds. The van der Waals surface area contributed by atoms with Crippen LogP contribution in [-0.2, 0) is 9.59 Å². The highest BCUT2D eigenvalue weighted by atomic mass is 16.2. The maximum absolute atomic E-state index is 12.7. The zero-order valence-corrected chi connectivity index (χ0v) is 13.5. The maximum Gasteiger partial charge on any atom is 0.248 e. The number of unbranched alkanes of at least 4 members (excludes halogenated alkanes) is 3. The molecule has 0 spiro atoms. The van der Waals surface area contributed by atoms with Gasteiger partial charge in [0.2, 0.25) is 11.8 Å². The topological polar surface area (TPSA) is 49.4 Å². The Morgan fingerprint density at radius 2 is 1.80 bits per heavy atom. The minimum atomic E-state index is -0.716. The van der Waals surface area contributed by atoms with Crippen molar-refractivity contribution in [2.75, 3.05) is 6.54 Å². The molecule has 1 heterocycles. The monoisotopic (exact) mass is 282 g/mol. The number of amides is 2. The second-order valence-corrected chi connectivity index (χ2v) is 6.04. The molecule has 0 aliphatic carbocycles. The Balaban J connectivity index is 2.79. The summed E-state index contributed by atoms with van der Waals surface area (Å²) in [5.41, 5.74) is -0.716. The van der Waals surface area contributed by atoms with Crippen LogP contribution >= 0.6 is 0 Å². The number of nitrogens with zero attached hydrogens (tertiary/aromatic N) is 1. The van der Waals surface area contributed by atoms with Crippen molar-refractivity contribution in [3.05, 3.63) is 0 Å². The molecule has 0 aromatic heterocycles. The normalized spacial score (nSPS) is 26.8. The first-order chi connectivity index (χ1) is 9.50. The summed E-state index contributed by atoms with van der Waals surface area (Å²) in [6.07, 6.45) is 6.81. The van der Waals surface area contributed by atoms with E-state index in [0.29, 0.717) is 13.0 Å². The number of carbonyl (C=O) groups excluding carboxylic acids is 2. The number of hydrogen-bond donors (Lipinski definition) is 1. The van der Waals surface area contributed by atoms with Crippen molar-refractivity contribution in [3.8, 4) is 0 Å². The van der Waals surface area contributed by atoms with Crippen molar-refractivity contribution in [2.45, 2.75) is 84.2 Å². The van der Waals surface area contributed by atoms with Gasteiger partial charge in [0.05, 0.1) is 0 Å². The van der Waals surface area contributed by atoms with Crippen LogP contribution in [-0.4, -0.2) is 34.8 Å². The third-order valence-electron chi connectivity index (χ3n) is 4.33. The molecule has 1 rings (SSSR count). The molecular formula is C16H30N2O2. The van der Waals surface area contributed by atoms with Gasteiger partial charge in [-0.25, -0.2) is 0 Å². The zero-order chi connectivity index (χ0) is 15.2. The molecule has 1 aliphatic heterocycles. The van der Waals surface area contributed by atoms with E-state index in [1.165, 1.54) is 12.8 Å². The van der Waals surface area contributed by atoms with Gasteiger partial charge in [-0.3, -0.25) is 9.59 Å². The third kappa shape index (κ3) is 3.74. The smallest absolute Gasteiger partial charge is 0.248 e. The molecule has 1 N–H and O–H groups in total. The molecule has 4 heteroatoms. The van der Waals surface area contributed by atoms with E-state index >= 15 is 0 Å². The van der Waals surface area contributed by atoms with Gasteiger partial charge in [-0.1, -0.05) is 46.5 Å². The average molecular weight is 282 g/mol. The van der Waals surface area contributed by atoms with Gasteiger partial charge in [-0.2, -0.15) is 0 Å². The van der Waals surface area contributed by atoms with Gasteiger partial charge in [0.25, 0.3) is 0 Å². The van der Waals surface area contributed by atoms with Gasteiger partial charge < -0.3 is 10.2 Å². The molecule has 2 atom stereocenters. The first-order valence-electron chi connectivity index (χ1n) is 8.13. The van der Waals surface area contributed by atoms with E-state index in [0.717, 1.165) is 25.7 Å². The highest BCUT2D eigenvalue weighted by Gasteiger charge is 2.46. The summed E-state index contributed by atoms with van der Waals surface area (Å²) in [5.74, 6) is 0.112. The predicted octanol–water partition coefficient (Wildman–Crippen LogP) is 2.86. The van der Waals surface area contributed by atoms with Crippen LogP contribution in [0, 0.1) is 0 Å². The van der Waals surface area contributed by atoms with E-state index in [4.69, 9.17) is 0 Å². The summed E-state index contributed by atoms with van der Waals surface area (Å²) in [7, 11) is 0. The van der Waals surface area contributed by atoms with Gasteiger partial charge in [-0.05, 0) is 26.2 Å². The molecule has 4 nitrogen and oxygen atoms in total. The molecule has 20 heavy (non-hydrogen) atoms. The lowest BCUT2D eigenvalue weighted by atomic mass is 9.90. The van der Waals surface area contributed by atoms with Crippen LogP contribution in [0.4, 0.5) is 0 Å². The van der Waals surface area contributed by atoms with Crippen LogP contribution in [0.1, 0.15) is 72.6 Å². The Hall–Kier alpha value is -1.06. The number of piperazine rings is 1. The van der Waals surface area contributed by atoms with E-state index in [1.807, 2.05) is 18.7 Å². The molecule has 0 aromatic carbocycles. The van der Waals surface area contributed by atoms with Crippen LogP contribution < -0.4 is 5.32 Å². The molecule has 0 saturated carbocycles. The second kappa shape index (κ2) is 7.65. The Bertz CT molecular complexity index is 343. The maximum atomic E-state index is 12.7. The van der Waals surface area contributed by atoms with Crippen molar-refractivity contribution >= 4 is 11.8 Å². The van der Waals surface area contributed by atoms with Crippen molar-refractivity contribution in [3.63, 3.8) is 0 Å². The Morgan fingerprint density at radius 3 is 2.35 bits per heavy atom. The van der Waals surface area contributed by atoms with E-state index < -0.39 is 5.54 Å². The summed E-state index contributed by atoms with van der Waals surface area (Å²) in [5, 5.41) is 2.93. The van der Waals surface area contributed by atoms with Crippen LogP contribution in [0.2, 0.25) is 0 Å². The number of hydrogen-bond acceptors (Lipinski definition) is 2. The first-order valence-corrected chi connectivity index (χ1v) is 8.13. The summed E-state index contributed by atoms with van der Waals surface area (Å²) < 4.78 is 0. The highest BCUT2D eigenvalue weighted by Crippen LogP contribution is 2.24.